The highest BCUT2D eigenvalue weighted by Crippen LogP contribution is 2.48. The molecule has 214 valence electrons. The molecule has 0 atom stereocenters. The molecule has 7 aromatic carbocycles. The predicted molar refractivity (Wildman–Crippen MR) is 191 cm³/mol. The molecule has 46 heavy (non-hydrogen) atoms. The summed E-state index contributed by atoms with van der Waals surface area (Å²) in [6.07, 6.45) is 0. The lowest BCUT2D eigenvalue weighted by molar-refractivity contribution is 1.18. The lowest BCUT2D eigenvalue weighted by Gasteiger charge is -2.12. The second-order valence-corrected chi connectivity index (χ2v) is 11.8. The molecule has 0 saturated carbocycles. The van der Waals surface area contributed by atoms with Gasteiger partial charge in [0.1, 0.15) is 0 Å². The number of hydrogen-bond acceptors (Lipinski definition) is 2. The molecule has 0 N–H and O–H groups in total. The molecule has 0 unspecified atom stereocenters. The normalized spacial score (nSPS) is 11.5. The Kier molecular flexibility index (Phi) is 6.17. The van der Waals surface area contributed by atoms with Gasteiger partial charge in [-0.3, -0.25) is 0 Å². The van der Waals surface area contributed by atoms with Crippen molar-refractivity contribution in [3.05, 3.63) is 170 Å². The van der Waals surface area contributed by atoms with Crippen LogP contribution in [0.3, 0.4) is 0 Å². The zero-order valence-corrected chi connectivity index (χ0v) is 25.1. The molecule has 9 rings (SSSR count). The first-order chi connectivity index (χ1) is 22.8. The van der Waals surface area contributed by atoms with E-state index in [2.05, 4.69) is 133 Å². The van der Waals surface area contributed by atoms with Crippen molar-refractivity contribution in [2.45, 2.75) is 0 Å². The Balaban J connectivity index is 1.13. The van der Waals surface area contributed by atoms with E-state index in [1.807, 2.05) is 36.4 Å². The van der Waals surface area contributed by atoms with E-state index in [0.717, 1.165) is 39.5 Å². The van der Waals surface area contributed by atoms with Crippen LogP contribution in [0.1, 0.15) is 0 Å². The van der Waals surface area contributed by atoms with E-state index < -0.39 is 0 Å². The van der Waals surface area contributed by atoms with Crippen LogP contribution in [0.2, 0.25) is 0 Å². The van der Waals surface area contributed by atoms with Gasteiger partial charge in [-0.1, -0.05) is 140 Å². The fourth-order valence-electron chi connectivity index (χ4n) is 6.79. The summed E-state index contributed by atoms with van der Waals surface area (Å²) in [5.41, 5.74) is 15.0. The van der Waals surface area contributed by atoms with Crippen LogP contribution in [0.25, 0.3) is 89.2 Å². The molecule has 1 aliphatic rings. The van der Waals surface area contributed by atoms with Crippen LogP contribution in [0.5, 0.6) is 0 Å². The summed E-state index contributed by atoms with van der Waals surface area (Å²) < 4.78 is 0. The van der Waals surface area contributed by atoms with Crippen LogP contribution in [0.4, 0.5) is 0 Å². The minimum absolute atomic E-state index is 0.721. The maximum absolute atomic E-state index is 5.06. The Hall–Kier alpha value is -6.12. The molecule has 0 aliphatic heterocycles. The average molecular weight is 585 g/mol. The summed E-state index contributed by atoms with van der Waals surface area (Å²) in [5.74, 6) is 0.721. The number of hydrogen-bond donors (Lipinski definition) is 0. The Labute approximate surface area is 268 Å². The summed E-state index contributed by atoms with van der Waals surface area (Å²) in [7, 11) is 0. The smallest absolute Gasteiger partial charge is 0.160 e. The fraction of sp³-hybridized carbons (Fsp3) is 0. The average Bonchev–Trinajstić information content (AvgIpc) is 3.47. The third kappa shape index (κ3) is 4.51. The van der Waals surface area contributed by atoms with Gasteiger partial charge in [-0.2, -0.15) is 0 Å². The summed E-state index contributed by atoms with van der Waals surface area (Å²) in [6, 6.07) is 60.3. The quantitative estimate of drug-likeness (QED) is 0.201. The van der Waals surface area contributed by atoms with Crippen LogP contribution in [0, 0.1) is 0 Å². The molecular formula is C44H28N2. The lowest BCUT2D eigenvalue weighted by atomic mass is 9.93. The molecule has 0 radical (unpaired) electrons. The Morgan fingerprint density at radius 1 is 0.283 bits per heavy atom. The monoisotopic (exact) mass is 584 g/mol. The van der Waals surface area contributed by atoms with E-state index in [-0.39, 0.29) is 0 Å². The zero-order valence-electron chi connectivity index (χ0n) is 25.1. The summed E-state index contributed by atoms with van der Waals surface area (Å²) in [4.78, 5) is 10.0. The first-order valence-corrected chi connectivity index (χ1v) is 15.7. The third-order valence-corrected chi connectivity index (χ3v) is 9.00. The summed E-state index contributed by atoms with van der Waals surface area (Å²) >= 11 is 0. The summed E-state index contributed by atoms with van der Waals surface area (Å²) in [6.45, 7) is 0. The summed E-state index contributed by atoms with van der Waals surface area (Å²) in [5, 5.41) is 2.63. The van der Waals surface area contributed by atoms with Crippen molar-refractivity contribution in [1.82, 2.24) is 9.97 Å². The Bertz CT molecular complexity index is 2350. The van der Waals surface area contributed by atoms with E-state index in [1.54, 1.807) is 0 Å². The van der Waals surface area contributed by atoms with Crippen LogP contribution < -0.4 is 0 Å². The largest absolute Gasteiger partial charge is 0.228 e. The highest BCUT2D eigenvalue weighted by Gasteiger charge is 2.21. The lowest BCUT2D eigenvalue weighted by Crippen LogP contribution is -1.96. The van der Waals surface area contributed by atoms with Gasteiger partial charge >= 0.3 is 0 Å². The van der Waals surface area contributed by atoms with Gasteiger partial charge in [0.15, 0.2) is 5.82 Å². The molecule has 0 bridgehead atoms. The molecule has 2 heteroatoms. The van der Waals surface area contributed by atoms with Crippen molar-refractivity contribution in [3.8, 4) is 78.4 Å². The molecule has 0 amide bonds. The maximum Gasteiger partial charge on any atom is 0.160 e. The van der Waals surface area contributed by atoms with Crippen molar-refractivity contribution in [2.75, 3.05) is 0 Å². The van der Waals surface area contributed by atoms with Gasteiger partial charge in [0.05, 0.1) is 11.4 Å². The number of fused-ring (bicyclic) bond motifs is 3. The van der Waals surface area contributed by atoms with Crippen LogP contribution >= 0.6 is 0 Å². The molecule has 0 saturated heterocycles. The van der Waals surface area contributed by atoms with Crippen LogP contribution in [-0.2, 0) is 0 Å². The number of aromatic nitrogens is 2. The van der Waals surface area contributed by atoms with Crippen molar-refractivity contribution in [1.29, 1.82) is 0 Å². The SMILES string of the molecule is c1ccc(-c2cc(-c3cccc(-c4cccc(-c5cc6c7c(cccc7c5)-c5ccccc5-6)c4)c3)nc(-c3ccccc3)n2)cc1. The maximum atomic E-state index is 5.06. The third-order valence-electron chi connectivity index (χ3n) is 9.00. The molecule has 1 aromatic heterocycles. The minimum atomic E-state index is 0.721. The standard InChI is InChI=1S/C44H28N2/c1-3-12-29(13-4-1)41-28-42(46-44(45-41)30-14-5-2-6-15-30)34-19-10-17-32(25-34)31-16-9-18-33(24-31)36-26-35-20-11-23-39-37-21-7-8-22-38(37)40(27-36)43(35)39/h1-28H. The zero-order chi connectivity index (χ0) is 30.5. The molecule has 0 fully saturated rings. The van der Waals surface area contributed by atoms with E-state index in [0.29, 0.717) is 0 Å². The second kappa shape index (κ2) is 10.8. The van der Waals surface area contributed by atoms with Gasteiger partial charge in [0.2, 0.25) is 0 Å². The molecule has 2 nitrogen and oxygen atoms in total. The van der Waals surface area contributed by atoms with E-state index in [4.69, 9.17) is 9.97 Å². The van der Waals surface area contributed by atoms with Gasteiger partial charge in [0.25, 0.3) is 0 Å². The van der Waals surface area contributed by atoms with Crippen molar-refractivity contribution < 1.29 is 0 Å². The van der Waals surface area contributed by atoms with Crippen LogP contribution in [-0.4, -0.2) is 9.97 Å². The van der Waals surface area contributed by atoms with E-state index in [9.17, 15) is 0 Å². The molecule has 1 heterocycles. The molecule has 0 spiro atoms. The number of rotatable bonds is 5. The van der Waals surface area contributed by atoms with Crippen molar-refractivity contribution in [3.63, 3.8) is 0 Å². The highest BCUT2D eigenvalue weighted by atomic mass is 14.9. The molecule has 1 aliphatic carbocycles. The topological polar surface area (TPSA) is 25.8 Å². The highest BCUT2D eigenvalue weighted by molar-refractivity contribution is 6.16. The van der Waals surface area contributed by atoms with Gasteiger partial charge in [0, 0.05) is 16.7 Å². The van der Waals surface area contributed by atoms with E-state index >= 15 is 0 Å². The number of benzene rings is 7. The predicted octanol–water partition coefficient (Wildman–Crippen LogP) is 11.6. The molecular weight excluding hydrogens is 556 g/mol. The van der Waals surface area contributed by atoms with Gasteiger partial charge < -0.3 is 0 Å². The first-order valence-electron chi connectivity index (χ1n) is 15.7. The van der Waals surface area contributed by atoms with Gasteiger partial charge in [-0.05, 0) is 85.6 Å². The fourth-order valence-corrected chi connectivity index (χ4v) is 6.79. The Morgan fingerprint density at radius 3 is 1.50 bits per heavy atom. The van der Waals surface area contributed by atoms with Gasteiger partial charge in [-0.15, -0.1) is 0 Å². The minimum Gasteiger partial charge on any atom is -0.228 e. The second-order valence-electron chi connectivity index (χ2n) is 11.8. The van der Waals surface area contributed by atoms with Crippen molar-refractivity contribution in [2.24, 2.45) is 0 Å². The van der Waals surface area contributed by atoms with E-state index in [1.165, 1.54) is 49.7 Å². The first kappa shape index (κ1) is 26.3. The number of nitrogens with zero attached hydrogens (tertiary/aromatic N) is 2. The molecule has 8 aromatic rings. The van der Waals surface area contributed by atoms with Crippen molar-refractivity contribution >= 4 is 10.8 Å². The van der Waals surface area contributed by atoms with Crippen LogP contribution in [0.15, 0.2) is 170 Å². The Morgan fingerprint density at radius 2 is 0.783 bits per heavy atom. The van der Waals surface area contributed by atoms with Gasteiger partial charge in [-0.25, -0.2) is 9.97 Å².